The van der Waals surface area contributed by atoms with Gasteiger partial charge in [0.05, 0.1) is 17.8 Å². The van der Waals surface area contributed by atoms with E-state index in [0.717, 1.165) is 6.07 Å². The lowest BCUT2D eigenvalue weighted by Crippen LogP contribution is -2.46. The Balaban J connectivity index is 1.61. The summed E-state index contributed by atoms with van der Waals surface area (Å²) in [7, 11) is 0. The quantitative estimate of drug-likeness (QED) is 0.594. The van der Waals surface area contributed by atoms with Crippen LogP contribution < -0.4 is 5.32 Å². The molecule has 1 N–H and O–H groups in total. The number of alkyl halides is 3. The van der Waals surface area contributed by atoms with Crippen molar-refractivity contribution in [2.75, 3.05) is 11.9 Å². The van der Waals surface area contributed by atoms with Crippen LogP contribution in [0.3, 0.4) is 0 Å². The van der Waals surface area contributed by atoms with Crippen LogP contribution in [0.15, 0.2) is 41.2 Å². The topological polar surface area (TPSA) is 84.2 Å². The number of hydrogen-bond acceptors (Lipinski definition) is 5. The van der Waals surface area contributed by atoms with E-state index in [4.69, 9.17) is 4.52 Å². The molecule has 1 aliphatic heterocycles. The maximum Gasteiger partial charge on any atom is 0.419 e. The molecule has 31 heavy (non-hydrogen) atoms. The van der Waals surface area contributed by atoms with E-state index in [-0.39, 0.29) is 18.8 Å². The Labute approximate surface area is 174 Å². The average Bonchev–Trinajstić information content (AvgIpc) is 3.14. The highest BCUT2D eigenvalue weighted by Gasteiger charge is 2.40. The van der Waals surface area contributed by atoms with Crippen LogP contribution in [0.25, 0.3) is 11.6 Å². The van der Waals surface area contributed by atoms with Gasteiger partial charge in [0.25, 0.3) is 0 Å². The van der Waals surface area contributed by atoms with Crippen molar-refractivity contribution in [2.45, 2.75) is 32.0 Å². The van der Waals surface area contributed by atoms with Gasteiger partial charge in [-0.1, -0.05) is 19.0 Å². The number of carbonyl (C=O) groups is 1. The Kier molecular flexibility index (Phi) is 4.91. The van der Waals surface area contributed by atoms with Crippen LogP contribution in [-0.4, -0.2) is 32.6 Å². The van der Waals surface area contributed by atoms with Gasteiger partial charge >= 0.3 is 12.2 Å². The van der Waals surface area contributed by atoms with Crippen LogP contribution in [0.4, 0.5) is 28.0 Å². The molecule has 0 saturated heterocycles. The summed E-state index contributed by atoms with van der Waals surface area (Å²) in [4.78, 5) is 22.6. The molecule has 2 aromatic heterocycles. The summed E-state index contributed by atoms with van der Waals surface area (Å²) < 4.78 is 57.9. The van der Waals surface area contributed by atoms with E-state index in [1.165, 1.54) is 4.90 Å². The second kappa shape index (κ2) is 7.33. The van der Waals surface area contributed by atoms with Crippen molar-refractivity contribution in [3.63, 3.8) is 0 Å². The summed E-state index contributed by atoms with van der Waals surface area (Å²) in [6.07, 6.45) is -1.79. The van der Waals surface area contributed by atoms with Gasteiger partial charge in [0, 0.05) is 35.6 Å². The van der Waals surface area contributed by atoms with Crippen LogP contribution in [-0.2, 0) is 18.1 Å². The molecule has 2 amide bonds. The minimum atomic E-state index is -4.88. The molecular formula is C20H17F4N5O2. The average molecular weight is 435 g/mol. The third kappa shape index (κ3) is 3.94. The predicted molar refractivity (Wildman–Crippen MR) is 101 cm³/mol. The summed E-state index contributed by atoms with van der Waals surface area (Å²) >= 11 is 0. The normalized spacial score (nSPS) is 15.5. The van der Waals surface area contributed by atoms with Gasteiger partial charge in [-0.25, -0.2) is 19.2 Å². The number of fused-ring (bicyclic) bond motifs is 1. The number of aromatic nitrogens is 3. The first-order valence-electron chi connectivity index (χ1n) is 9.25. The van der Waals surface area contributed by atoms with Gasteiger partial charge in [0.2, 0.25) is 5.76 Å². The molecule has 1 aliphatic rings. The highest BCUT2D eigenvalue weighted by atomic mass is 19.4. The first kappa shape index (κ1) is 20.8. The van der Waals surface area contributed by atoms with Crippen LogP contribution >= 0.6 is 0 Å². The summed E-state index contributed by atoms with van der Waals surface area (Å²) in [5.41, 5.74) is -0.942. The molecule has 7 nitrogen and oxygen atoms in total. The molecule has 0 fully saturated rings. The van der Waals surface area contributed by atoms with E-state index < -0.39 is 29.0 Å². The van der Waals surface area contributed by atoms with Crippen molar-refractivity contribution in [3.8, 4) is 11.6 Å². The summed E-state index contributed by atoms with van der Waals surface area (Å²) in [5, 5.41) is 6.54. The minimum Gasteiger partial charge on any atom is -0.352 e. The molecule has 0 saturated carbocycles. The fourth-order valence-electron chi connectivity index (χ4n) is 3.55. The van der Waals surface area contributed by atoms with E-state index >= 15 is 0 Å². The van der Waals surface area contributed by atoms with Gasteiger partial charge in [-0.3, -0.25) is 0 Å². The maximum absolute atomic E-state index is 13.5. The number of carbonyl (C=O) groups excluding carboxylic acids is 1. The molecule has 0 radical (unpaired) electrons. The highest BCUT2D eigenvalue weighted by molar-refractivity contribution is 5.89. The zero-order valence-electron chi connectivity index (χ0n) is 16.5. The number of amides is 2. The molecule has 0 aliphatic carbocycles. The number of nitrogens with zero attached hydrogens (tertiary/aromatic N) is 4. The zero-order valence-corrected chi connectivity index (χ0v) is 16.5. The van der Waals surface area contributed by atoms with Gasteiger partial charge in [0.1, 0.15) is 5.82 Å². The Morgan fingerprint density at radius 1 is 1.23 bits per heavy atom. The number of anilines is 1. The Morgan fingerprint density at radius 3 is 2.61 bits per heavy atom. The predicted octanol–water partition coefficient (Wildman–Crippen LogP) is 4.61. The number of hydrogen-bond donors (Lipinski definition) is 1. The lowest BCUT2D eigenvalue weighted by Gasteiger charge is -2.36. The fraction of sp³-hybridized carbons (Fsp3) is 0.300. The van der Waals surface area contributed by atoms with Crippen LogP contribution in [0.2, 0.25) is 0 Å². The molecule has 3 aromatic rings. The SMILES string of the molecule is CC1(C)CN(C(=O)Nc2ccc(F)c(C(F)(F)F)c2)Cc2c1noc2-c1ncccn1. The number of nitrogens with one attached hydrogen (secondary N) is 1. The van der Waals surface area contributed by atoms with Crippen LogP contribution in [0.5, 0.6) is 0 Å². The van der Waals surface area contributed by atoms with Gasteiger partial charge in [0.15, 0.2) is 5.82 Å². The molecule has 3 heterocycles. The van der Waals surface area contributed by atoms with E-state index in [1.54, 1.807) is 18.5 Å². The second-order valence-corrected chi connectivity index (χ2v) is 7.77. The lowest BCUT2D eigenvalue weighted by molar-refractivity contribution is -0.139. The smallest absolute Gasteiger partial charge is 0.352 e. The molecule has 0 atom stereocenters. The van der Waals surface area contributed by atoms with Crippen molar-refractivity contribution in [1.29, 1.82) is 0 Å². The molecule has 0 unspecified atom stereocenters. The molecule has 162 valence electrons. The first-order valence-corrected chi connectivity index (χ1v) is 9.25. The maximum atomic E-state index is 13.5. The van der Waals surface area contributed by atoms with Gasteiger partial charge in [-0.05, 0) is 24.3 Å². The van der Waals surface area contributed by atoms with Crippen molar-refractivity contribution in [2.24, 2.45) is 0 Å². The fourth-order valence-corrected chi connectivity index (χ4v) is 3.55. The van der Waals surface area contributed by atoms with Crippen molar-refractivity contribution >= 4 is 11.7 Å². The van der Waals surface area contributed by atoms with E-state index in [9.17, 15) is 22.4 Å². The van der Waals surface area contributed by atoms with Crippen LogP contribution in [0.1, 0.15) is 30.7 Å². The second-order valence-electron chi connectivity index (χ2n) is 7.77. The lowest BCUT2D eigenvalue weighted by atomic mass is 9.82. The molecule has 0 bridgehead atoms. The summed E-state index contributed by atoms with van der Waals surface area (Å²) in [6.45, 7) is 4.06. The number of urea groups is 1. The van der Waals surface area contributed by atoms with E-state index in [0.29, 0.717) is 35.0 Å². The molecule has 1 aromatic carbocycles. The molecular weight excluding hydrogens is 418 g/mol. The van der Waals surface area contributed by atoms with Crippen LogP contribution in [0, 0.1) is 5.82 Å². The van der Waals surface area contributed by atoms with Crippen molar-refractivity contribution < 1.29 is 26.9 Å². The summed E-state index contributed by atoms with van der Waals surface area (Å²) in [6, 6.07) is 3.32. The van der Waals surface area contributed by atoms with Gasteiger partial charge in [-0.2, -0.15) is 13.2 Å². The highest BCUT2D eigenvalue weighted by Crippen LogP contribution is 2.38. The zero-order chi connectivity index (χ0) is 22.4. The van der Waals surface area contributed by atoms with Crippen molar-refractivity contribution in [1.82, 2.24) is 20.0 Å². The minimum absolute atomic E-state index is 0.0923. The van der Waals surface area contributed by atoms with E-state index in [1.807, 2.05) is 13.8 Å². The number of benzene rings is 1. The largest absolute Gasteiger partial charge is 0.419 e. The third-order valence-corrected chi connectivity index (χ3v) is 4.94. The Morgan fingerprint density at radius 2 is 1.94 bits per heavy atom. The summed E-state index contributed by atoms with van der Waals surface area (Å²) in [5.74, 6) is -0.781. The molecule has 4 rings (SSSR count). The monoisotopic (exact) mass is 435 g/mol. The standard InChI is InChI=1S/C20H17F4N5O2/c1-19(2)10-29(9-12-15(31-28-16(12)19)17-25-6-3-7-26-17)18(30)27-11-4-5-14(21)13(8-11)20(22,23)24/h3-8H,9-10H2,1-2H3,(H,27,30). The molecule has 0 spiro atoms. The Hall–Kier alpha value is -3.50. The van der Waals surface area contributed by atoms with Gasteiger partial charge < -0.3 is 14.7 Å². The number of rotatable bonds is 2. The molecule has 11 heteroatoms. The van der Waals surface area contributed by atoms with E-state index in [2.05, 4.69) is 20.4 Å². The Bertz CT molecular complexity index is 1130. The van der Waals surface area contributed by atoms with Gasteiger partial charge in [-0.15, -0.1) is 0 Å². The van der Waals surface area contributed by atoms with Crippen molar-refractivity contribution in [3.05, 3.63) is 59.3 Å². The first-order chi connectivity index (χ1) is 14.6. The number of halogens is 4. The third-order valence-electron chi connectivity index (χ3n) is 4.94.